The Hall–Kier alpha value is -0.780. The molecule has 1 nitrogen and oxygen atoms in total. The van der Waals surface area contributed by atoms with E-state index < -0.39 is 0 Å². The van der Waals surface area contributed by atoms with Gasteiger partial charge in [0.05, 0.1) is 0 Å². The molecule has 1 aromatic heterocycles. The summed E-state index contributed by atoms with van der Waals surface area (Å²) in [5.41, 5.74) is 5.94. The van der Waals surface area contributed by atoms with Gasteiger partial charge in [0.25, 0.3) is 0 Å². The highest BCUT2D eigenvalue weighted by atomic mass is 32.1. The highest BCUT2D eigenvalue weighted by Gasteiger charge is 2.03. The van der Waals surface area contributed by atoms with Crippen LogP contribution in [0.3, 0.4) is 0 Å². The van der Waals surface area contributed by atoms with E-state index in [0.717, 1.165) is 19.3 Å². The van der Waals surface area contributed by atoms with E-state index in [1.54, 1.807) is 11.3 Å². The van der Waals surface area contributed by atoms with Gasteiger partial charge in [-0.05, 0) is 31.2 Å². The van der Waals surface area contributed by atoms with Gasteiger partial charge in [-0.25, -0.2) is 0 Å². The molecule has 1 rings (SSSR count). The predicted octanol–water partition coefficient (Wildman–Crippen LogP) is 2.42. The first-order valence-electron chi connectivity index (χ1n) is 4.50. The Bertz CT molecular complexity index is 279. The van der Waals surface area contributed by atoms with Crippen LogP contribution in [0.15, 0.2) is 17.5 Å². The minimum atomic E-state index is 0.263. The molecule has 1 unspecified atom stereocenters. The summed E-state index contributed by atoms with van der Waals surface area (Å²) in [6.07, 6.45) is 2.91. The van der Waals surface area contributed by atoms with Crippen LogP contribution in [-0.2, 0) is 6.42 Å². The number of rotatable bonds is 4. The maximum absolute atomic E-state index is 5.94. The van der Waals surface area contributed by atoms with Crippen molar-refractivity contribution >= 4 is 11.3 Å². The zero-order chi connectivity index (χ0) is 9.52. The second kappa shape index (κ2) is 5.80. The van der Waals surface area contributed by atoms with Crippen molar-refractivity contribution in [3.63, 3.8) is 0 Å². The lowest BCUT2D eigenvalue weighted by Crippen LogP contribution is -2.21. The largest absolute Gasteiger partial charge is 0.327 e. The van der Waals surface area contributed by atoms with E-state index in [1.807, 2.05) is 6.92 Å². The molecule has 1 heterocycles. The van der Waals surface area contributed by atoms with Crippen molar-refractivity contribution in [2.45, 2.75) is 32.2 Å². The van der Waals surface area contributed by atoms with Crippen LogP contribution in [0.4, 0.5) is 0 Å². The van der Waals surface area contributed by atoms with E-state index >= 15 is 0 Å². The van der Waals surface area contributed by atoms with Crippen molar-refractivity contribution in [1.29, 1.82) is 0 Å². The summed E-state index contributed by atoms with van der Waals surface area (Å²) in [7, 11) is 0. The molecule has 0 saturated carbocycles. The second-order valence-electron chi connectivity index (χ2n) is 3.01. The molecule has 0 aliphatic rings. The molecule has 0 fully saturated rings. The van der Waals surface area contributed by atoms with Gasteiger partial charge in [0.15, 0.2) is 0 Å². The van der Waals surface area contributed by atoms with Crippen molar-refractivity contribution in [3.8, 4) is 11.8 Å². The van der Waals surface area contributed by atoms with Crippen LogP contribution in [0, 0.1) is 11.8 Å². The van der Waals surface area contributed by atoms with Crippen LogP contribution in [0.1, 0.15) is 24.6 Å². The van der Waals surface area contributed by atoms with E-state index in [2.05, 4.69) is 29.4 Å². The van der Waals surface area contributed by atoms with Crippen molar-refractivity contribution in [1.82, 2.24) is 0 Å². The number of nitrogens with two attached hydrogens (primary N) is 1. The molecule has 1 aromatic rings. The second-order valence-corrected chi connectivity index (χ2v) is 4.04. The summed E-state index contributed by atoms with van der Waals surface area (Å²) in [6.45, 7) is 1.87. The average Bonchev–Trinajstić information content (AvgIpc) is 2.57. The molecule has 0 aliphatic carbocycles. The fourth-order valence-corrected chi connectivity index (χ4v) is 1.97. The van der Waals surface area contributed by atoms with Crippen LogP contribution >= 0.6 is 11.3 Å². The molecule has 0 bridgehead atoms. The Morgan fingerprint density at radius 2 is 2.46 bits per heavy atom. The average molecular weight is 193 g/mol. The number of thiophene rings is 1. The Balaban J connectivity index is 2.24. The van der Waals surface area contributed by atoms with E-state index in [0.29, 0.717) is 0 Å². The van der Waals surface area contributed by atoms with E-state index in [9.17, 15) is 0 Å². The first kappa shape index (κ1) is 10.3. The molecule has 0 radical (unpaired) electrons. The van der Waals surface area contributed by atoms with Crippen molar-refractivity contribution in [2.24, 2.45) is 5.73 Å². The summed E-state index contributed by atoms with van der Waals surface area (Å²) in [6, 6.07) is 4.47. The highest BCUT2D eigenvalue weighted by molar-refractivity contribution is 7.09. The molecule has 2 heteroatoms. The molecule has 0 spiro atoms. The lowest BCUT2D eigenvalue weighted by Gasteiger charge is -2.06. The standard InChI is InChI=1S/C11H15NS/c1-2-3-4-6-10(12)9-11-7-5-8-13-11/h5,7-8,10H,4,6,9,12H2,1H3. The van der Waals surface area contributed by atoms with Crippen LogP contribution in [0.2, 0.25) is 0 Å². The Morgan fingerprint density at radius 1 is 1.62 bits per heavy atom. The predicted molar refractivity (Wildman–Crippen MR) is 58.7 cm³/mol. The molecule has 70 valence electrons. The third kappa shape index (κ3) is 4.12. The molecule has 1 atom stereocenters. The zero-order valence-electron chi connectivity index (χ0n) is 7.92. The van der Waals surface area contributed by atoms with E-state index in [4.69, 9.17) is 5.73 Å². The van der Waals surface area contributed by atoms with Gasteiger partial charge in [0.2, 0.25) is 0 Å². The van der Waals surface area contributed by atoms with Crippen molar-refractivity contribution in [3.05, 3.63) is 22.4 Å². The van der Waals surface area contributed by atoms with Gasteiger partial charge in [-0.15, -0.1) is 23.2 Å². The lowest BCUT2D eigenvalue weighted by atomic mass is 10.1. The van der Waals surface area contributed by atoms with Crippen molar-refractivity contribution < 1.29 is 0 Å². The fraction of sp³-hybridized carbons (Fsp3) is 0.455. The third-order valence-corrected chi connectivity index (χ3v) is 2.76. The normalized spacial score (nSPS) is 11.8. The Morgan fingerprint density at radius 3 is 3.08 bits per heavy atom. The van der Waals surface area contributed by atoms with Crippen LogP contribution < -0.4 is 5.73 Å². The summed E-state index contributed by atoms with van der Waals surface area (Å²) in [5, 5.41) is 2.09. The lowest BCUT2D eigenvalue weighted by molar-refractivity contribution is 0.627. The van der Waals surface area contributed by atoms with Gasteiger partial charge in [-0.1, -0.05) is 6.07 Å². The molecule has 2 N–H and O–H groups in total. The zero-order valence-corrected chi connectivity index (χ0v) is 8.73. The summed E-state index contributed by atoms with van der Waals surface area (Å²) in [4.78, 5) is 1.37. The Labute approximate surface area is 84.0 Å². The molecule has 0 amide bonds. The summed E-state index contributed by atoms with van der Waals surface area (Å²) < 4.78 is 0. The first-order chi connectivity index (χ1) is 6.33. The monoisotopic (exact) mass is 193 g/mol. The van der Waals surface area contributed by atoms with Gasteiger partial charge >= 0.3 is 0 Å². The van der Waals surface area contributed by atoms with E-state index in [-0.39, 0.29) is 6.04 Å². The van der Waals surface area contributed by atoms with Gasteiger partial charge in [-0.3, -0.25) is 0 Å². The fourth-order valence-electron chi connectivity index (χ4n) is 1.17. The van der Waals surface area contributed by atoms with Crippen LogP contribution in [0.25, 0.3) is 0 Å². The maximum Gasteiger partial charge on any atom is 0.0103 e. The van der Waals surface area contributed by atoms with Gasteiger partial charge in [-0.2, -0.15) is 0 Å². The summed E-state index contributed by atoms with van der Waals surface area (Å²) in [5.74, 6) is 5.91. The molecule has 0 aromatic carbocycles. The highest BCUT2D eigenvalue weighted by Crippen LogP contribution is 2.11. The van der Waals surface area contributed by atoms with Crippen LogP contribution in [0.5, 0.6) is 0 Å². The smallest absolute Gasteiger partial charge is 0.0103 e. The molecule has 0 aliphatic heterocycles. The van der Waals surface area contributed by atoms with Gasteiger partial charge in [0.1, 0.15) is 0 Å². The minimum Gasteiger partial charge on any atom is -0.327 e. The first-order valence-corrected chi connectivity index (χ1v) is 5.38. The van der Waals surface area contributed by atoms with Gasteiger partial charge in [0, 0.05) is 17.3 Å². The van der Waals surface area contributed by atoms with Crippen LogP contribution in [-0.4, -0.2) is 6.04 Å². The third-order valence-electron chi connectivity index (χ3n) is 1.86. The molecular formula is C11H15NS. The van der Waals surface area contributed by atoms with Gasteiger partial charge < -0.3 is 5.73 Å². The quantitative estimate of drug-likeness (QED) is 0.730. The minimum absolute atomic E-state index is 0.263. The maximum atomic E-state index is 5.94. The number of hydrogen-bond acceptors (Lipinski definition) is 2. The SMILES string of the molecule is CC#CCCC(N)Cc1cccs1. The summed E-state index contributed by atoms with van der Waals surface area (Å²) >= 11 is 1.77. The molecular weight excluding hydrogens is 178 g/mol. The number of hydrogen-bond donors (Lipinski definition) is 1. The Kier molecular flexibility index (Phi) is 4.59. The topological polar surface area (TPSA) is 26.0 Å². The van der Waals surface area contributed by atoms with Crippen molar-refractivity contribution in [2.75, 3.05) is 0 Å². The van der Waals surface area contributed by atoms with E-state index in [1.165, 1.54) is 4.88 Å². The molecule has 0 saturated heterocycles. The molecule has 13 heavy (non-hydrogen) atoms.